The fraction of sp³-hybridized carbons (Fsp3) is 0.120. The molecule has 4 rings (SSSR count). The van der Waals surface area contributed by atoms with E-state index in [1.807, 2.05) is 25.1 Å². The number of amides is 1. The first-order valence-electron chi connectivity index (χ1n) is 10.4. The summed E-state index contributed by atoms with van der Waals surface area (Å²) in [4.78, 5) is 25.1. The van der Waals surface area contributed by atoms with Gasteiger partial charge in [-0.3, -0.25) is 19.8 Å². The number of thiocarbonyl (C=S) groups is 1. The number of hydrogen-bond acceptors (Lipinski definition) is 6. The van der Waals surface area contributed by atoms with Gasteiger partial charge in [-0.25, -0.2) is 4.39 Å². The Labute approximate surface area is 205 Å². The molecule has 1 fully saturated rings. The normalized spacial score (nSPS) is 14.3. The number of hydrogen-bond donors (Lipinski definition) is 1. The van der Waals surface area contributed by atoms with Gasteiger partial charge >= 0.3 is 5.69 Å². The number of ether oxygens (including phenoxy) is 2. The Bertz CT molecular complexity index is 1370. The number of nitro groups is 1. The molecule has 0 aliphatic carbocycles. The van der Waals surface area contributed by atoms with E-state index in [1.165, 1.54) is 12.0 Å². The molecule has 0 atom stereocenters. The van der Waals surface area contributed by atoms with Crippen molar-refractivity contribution in [2.24, 2.45) is 0 Å². The molecule has 3 aromatic carbocycles. The Morgan fingerprint density at radius 2 is 1.94 bits per heavy atom. The summed E-state index contributed by atoms with van der Waals surface area (Å²) >= 11 is 5.37. The molecule has 1 amide bonds. The molecule has 0 saturated carbocycles. The van der Waals surface area contributed by atoms with Crippen molar-refractivity contribution in [2.45, 2.75) is 13.5 Å². The van der Waals surface area contributed by atoms with Crippen molar-refractivity contribution in [3.8, 4) is 11.5 Å². The molecule has 10 heteroatoms. The molecule has 0 bridgehead atoms. The van der Waals surface area contributed by atoms with E-state index in [9.17, 15) is 19.3 Å². The standard InChI is InChI=1S/C25H20FN3O5S/c1-15-4-3-5-19(10-15)28-24(30)20(27-25(28)35)12-16-6-9-22(33-2)17(11-16)14-34-23-13-18(26)7-8-21(23)29(31)32/h3-13H,14H2,1-2H3,(H,27,35)/b20-12+. The van der Waals surface area contributed by atoms with Gasteiger partial charge in [0.1, 0.15) is 23.9 Å². The summed E-state index contributed by atoms with van der Waals surface area (Å²) in [5, 5.41) is 14.4. The maximum atomic E-state index is 13.6. The molecule has 35 heavy (non-hydrogen) atoms. The van der Waals surface area contributed by atoms with Gasteiger partial charge in [0, 0.05) is 17.7 Å². The molecular formula is C25H20FN3O5S. The van der Waals surface area contributed by atoms with E-state index in [0.717, 1.165) is 23.8 Å². The summed E-state index contributed by atoms with van der Waals surface area (Å²) in [5.74, 6) is -0.693. The zero-order valence-electron chi connectivity index (χ0n) is 18.8. The van der Waals surface area contributed by atoms with Crippen molar-refractivity contribution in [3.63, 3.8) is 0 Å². The number of nitro benzene ring substituents is 1. The van der Waals surface area contributed by atoms with Crippen LogP contribution in [0.4, 0.5) is 15.8 Å². The largest absolute Gasteiger partial charge is 0.496 e. The minimum Gasteiger partial charge on any atom is -0.496 e. The second kappa shape index (κ2) is 9.90. The molecule has 0 spiro atoms. The van der Waals surface area contributed by atoms with Crippen molar-refractivity contribution in [1.82, 2.24) is 5.32 Å². The van der Waals surface area contributed by atoms with Gasteiger partial charge in [0.15, 0.2) is 10.9 Å². The van der Waals surface area contributed by atoms with Gasteiger partial charge < -0.3 is 14.8 Å². The maximum absolute atomic E-state index is 13.6. The first-order valence-corrected chi connectivity index (χ1v) is 10.8. The van der Waals surface area contributed by atoms with E-state index >= 15 is 0 Å². The number of benzene rings is 3. The van der Waals surface area contributed by atoms with Gasteiger partial charge in [0.2, 0.25) is 0 Å². The molecule has 8 nitrogen and oxygen atoms in total. The number of rotatable bonds is 7. The minimum atomic E-state index is -0.656. The highest BCUT2D eigenvalue weighted by molar-refractivity contribution is 7.80. The van der Waals surface area contributed by atoms with E-state index in [4.69, 9.17) is 21.7 Å². The van der Waals surface area contributed by atoms with E-state index in [2.05, 4.69) is 5.32 Å². The predicted octanol–water partition coefficient (Wildman–Crippen LogP) is 4.89. The van der Waals surface area contributed by atoms with Crippen molar-refractivity contribution < 1.29 is 23.6 Å². The minimum absolute atomic E-state index is 0.125. The lowest BCUT2D eigenvalue weighted by atomic mass is 10.1. The molecule has 1 saturated heterocycles. The van der Waals surface area contributed by atoms with Gasteiger partial charge in [-0.1, -0.05) is 18.2 Å². The van der Waals surface area contributed by atoms with Crippen LogP contribution in [0.2, 0.25) is 0 Å². The second-order valence-electron chi connectivity index (χ2n) is 7.70. The smallest absolute Gasteiger partial charge is 0.311 e. The molecule has 178 valence electrons. The van der Waals surface area contributed by atoms with Crippen molar-refractivity contribution in [2.75, 3.05) is 12.0 Å². The number of carbonyl (C=O) groups is 1. The maximum Gasteiger partial charge on any atom is 0.311 e. The van der Waals surface area contributed by atoms with Gasteiger partial charge in [0.05, 0.1) is 17.7 Å². The van der Waals surface area contributed by atoms with E-state index in [-0.39, 0.29) is 34.8 Å². The van der Waals surface area contributed by atoms with E-state index in [1.54, 1.807) is 30.3 Å². The van der Waals surface area contributed by atoms with Crippen LogP contribution in [0.25, 0.3) is 6.08 Å². The van der Waals surface area contributed by atoms with E-state index < -0.39 is 10.7 Å². The van der Waals surface area contributed by atoms with Crippen LogP contribution >= 0.6 is 12.2 Å². The number of nitrogens with zero attached hydrogens (tertiary/aromatic N) is 2. The molecule has 1 heterocycles. The first-order chi connectivity index (χ1) is 16.8. The number of aryl methyl sites for hydroxylation is 1. The lowest BCUT2D eigenvalue weighted by Gasteiger charge is -2.14. The van der Waals surface area contributed by atoms with Crippen LogP contribution in [0.15, 0.2) is 66.4 Å². The highest BCUT2D eigenvalue weighted by Crippen LogP contribution is 2.30. The summed E-state index contributed by atoms with van der Waals surface area (Å²) in [6.45, 7) is 1.80. The third kappa shape index (κ3) is 5.12. The topological polar surface area (TPSA) is 93.9 Å². The summed E-state index contributed by atoms with van der Waals surface area (Å²) in [6, 6.07) is 15.6. The van der Waals surface area contributed by atoms with Crippen LogP contribution in [0.1, 0.15) is 16.7 Å². The Kier molecular flexibility index (Phi) is 6.74. The molecule has 3 aromatic rings. The SMILES string of the molecule is COc1ccc(/C=C2/NC(=S)N(c3cccc(C)c3)C2=O)cc1COc1cc(F)ccc1[N+](=O)[O-]. The summed E-state index contributed by atoms with van der Waals surface area (Å²) in [7, 11) is 1.47. The second-order valence-corrected chi connectivity index (χ2v) is 8.08. The Morgan fingerprint density at radius 1 is 1.14 bits per heavy atom. The Balaban J connectivity index is 1.60. The molecular weight excluding hydrogens is 473 g/mol. The van der Waals surface area contributed by atoms with Crippen molar-refractivity contribution >= 4 is 40.7 Å². The summed E-state index contributed by atoms with van der Waals surface area (Å²) in [5.41, 5.74) is 2.78. The van der Waals surface area contributed by atoms with Gasteiger partial charge in [-0.15, -0.1) is 0 Å². The van der Waals surface area contributed by atoms with Gasteiger partial charge in [0.25, 0.3) is 5.91 Å². The van der Waals surface area contributed by atoms with Crippen LogP contribution in [0.5, 0.6) is 11.5 Å². The summed E-state index contributed by atoms with van der Waals surface area (Å²) in [6.07, 6.45) is 1.64. The van der Waals surface area contributed by atoms with Crippen molar-refractivity contribution in [1.29, 1.82) is 0 Å². The number of anilines is 1. The van der Waals surface area contributed by atoms with Crippen LogP contribution in [-0.4, -0.2) is 23.1 Å². The van der Waals surface area contributed by atoms with Crippen LogP contribution in [0, 0.1) is 22.9 Å². The fourth-order valence-corrected chi connectivity index (χ4v) is 3.91. The third-order valence-electron chi connectivity index (χ3n) is 5.26. The molecule has 1 N–H and O–H groups in total. The van der Waals surface area contributed by atoms with Crippen LogP contribution in [0.3, 0.4) is 0 Å². The lowest BCUT2D eigenvalue weighted by Crippen LogP contribution is -2.30. The average molecular weight is 494 g/mol. The first kappa shape index (κ1) is 23.8. The number of halogens is 1. The zero-order valence-corrected chi connectivity index (χ0v) is 19.6. The Morgan fingerprint density at radius 3 is 2.66 bits per heavy atom. The molecule has 0 aromatic heterocycles. The van der Waals surface area contributed by atoms with Crippen LogP contribution < -0.4 is 19.7 Å². The van der Waals surface area contributed by atoms with Crippen LogP contribution in [-0.2, 0) is 11.4 Å². The quantitative estimate of drug-likeness (QED) is 0.217. The van der Waals surface area contributed by atoms with Gasteiger partial charge in [-0.2, -0.15) is 0 Å². The van der Waals surface area contributed by atoms with E-state index in [0.29, 0.717) is 22.6 Å². The van der Waals surface area contributed by atoms with Crippen molar-refractivity contribution in [3.05, 3.63) is 99.0 Å². The Hall–Kier alpha value is -4.31. The number of methoxy groups -OCH3 is 1. The fourth-order valence-electron chi connectivity index (χ4n) is 3.61. The molecule has 0 unspecified atom stereocenters. The number of nitrogens with one attached hydrogen (secondary N) is 1. The predicted molar refractivity (Wildman–Crippen MR) is 133 cm³/mol. The highest BCUT2D eigenvalue weighted by atomic mass is 32.1. The lowest BCUT2D eigenvalue weighted by molar-refractivity contribution is -0.386. The molecule has 1 aliphatic rings. The molecule has 0 radical (unpaired) electrons. The average Bonchev–Trinajstić information content (AvgIpc) is 3.10. The third-order valence-corrected chi connectivity index (χ3v) is 5.54. The summed E-state index contributed by atoms with van der Waals surface area (Å²) < 4.78 is 24.6. The highest BCUT2D eigenvalue weighted by Gasteiger charge is 2.32. The van der Waals surface area contributed by atoms with Gasteiger partial charge in [-0.05, 0) is 66.7 Å². The zero-order chi connectivity index (χ0) is 25.1. The monoisotopic (exact) mass is 493 g/mol. The molecule has 1 aliphatic heterocycles. The number of carbonyl (C=O) groups excluding carboxylic acids is 1.